The lowest BCUT2D eigenvalue weighted by atomic mass is 9.86. The van der Waals surface area contributed by atoms with Crippen molar-refractivity contribution in [3.05, 3.63) is 28.5 Å². The molecule has 1 fully saturated rings. The molecular formula is C11H12BrFO. The summed E-state index contributed by atoms with van der Waals surface area (Å²) in [6.45, 7) is 0.651. The second-order valence-corrected chi connectivity index (χ2v) is 4.60. The van der Waals surface area contributed by atoms with E-state index in [1.807, 2.05) is 0 Å². The van der Waals surface area contributed by atoms with Gasteiger partial charge in [0.05, 0.1) is 6.61 Å². The van der Waals surface area contributed by atoms with Gasteiger partial charge < -0.3 is 4.74 Å². The van der Waals surface area contributed by atoms with Crippen LogP contribution in [-0.2, 0) is 0 Å². The Morgan fingerprint density at radius 1 is 1.43 bits per heavy atom. The maximum Gasteiger partial charge on any atom is 0.166 e. The number of hydrogen-bond acceptors (Lipinski definition) is 1. The predicted molar refractivity (Wildman–Crippen MR) is 56.9 cm³/mol. The summed E-state index contributed by atoms with van der Waals surface area (Å²) in [7, 11) is 0. The lowest BCUT2D eigenvalue weighted by Gasteiger charge is -2.25. The molecule has 0 radical (unpaired) electrons. The first kappa shape index (κ1) is 9.97. The van der Waals surface area contributed by atoms with Crippen LogP contribution in [0.2, 0.25) is 0 Å². The molecule has 0 unspecified atom stereocenters. The van der Waals surface area contributed by atoms with Gasteiger partial charge in [-0.2, -0.15) is 0 Å². The van der Waals surface area contributed by atoms with Gasteiger partial charge in [0.15, 0.2) is 11.6 Å². The van der Waals surface area contributed by atoms with Crippen molar-refractivity contribution in [2.75, 3.05) is 6.61 Å². The third kappa shape index (κ3) is 2.27. The van der Waals surface area contributed by atoms with Crippen molar-refractivity contribution in [3.63, 3.8) is 0 Å². The van der Waals surface area contributed by atoms with Gasteiger partial charge >= 0.3 is 0 Å². The van der Waals surface area contributed by atoms with Crippen molar-refractivity contribution in [1.82, 2.24) is 0 Å². The van der Waals surface area contributed by atoms with E-state index in [0.717, 1.165) is 4.47 Å². The molecule has 0 aromatic heterocycles. The molecule has 0 bridgehead atoms. The van der Waals surface area contributed by atoms with Crippen LogP contribution in [0.5, 0.6) is 5.75 Å². The summed E-state index contributed by atoms with van der Waals surface area (Å²) in [5, 5.41) is 0. The fourth-order valence-electron chi connectivity index (χ4n) is 1.46. The van der Waals surface area contributed by atoms with Gasteiger partial charge in [-0.1, -0.05) is 22.4 Å². The molecule has 1 aromatic rings. The van der Waals surface area contributed by atoms with Crippen LogP contribution in [0.25, 0.3) is 0 Å². The molecule has 76 valence electrons. The summed E-state index contributed by atoms with van der Waals surface area (Å²) in [6, 6.07) is 4.88. The number of ether oxygens (including phenoxy) is 1. The van der Waals surface area contributed by atoms with Crippen LogP contribution in [0.3, 0.4) is 0 Å². The van der Waals surface area contributed by atoms with Gasteiger partial charge in [0, 0.05) is 4.47 Å². The number of hydrogen-bond donors (Lipinski definition) is 0. The molecule has 2 rings (SSSR count). The molecule has 0 amide bonds. The number of rotatable bonds is 3. The van der Waals surface area contributed by atoms with E-state index in [1.165, 1.54) is 25.3 Å². The summed E-state index contributed by atoms with van der Waals surface area (Å²) in [6.07, 6.45) is 3.73. The van der Waals surface area contributed by atoms with Crippen molar-refractivity contribution < 1.29 is 9.13 Å². The van der Waals surface area contributed by atoms with Crippen LogP contribution < -0.4 is 4.74 Å². The molecule has 0 atom stereocenters. The Labute approximate surface area is 91.4 Å². The van der Waals surface area contributed by atoms with Gasteiger partial charge in [-0.15, -0.1) is 0 Å². The fourth-order valence-corrected chi connectivity index (χ4v) is 1.79. The first-order chi connectivity index (χ1) is 6.75. The van der Waals surface area contributed by atoms with Crippen molar-refractivity contribution in [2.45, 2.75) is 19.3 Å². The van der Waals surface area contributed by atoms with Crippen LogP contribution in [0, 0.1) is 11.7 Å². The normalized spacial score (nSPS) is 16.4. The highest BCUT2D eigenvalue weighted by atomic mass is 79.9. The van der Waals surface area contributed by atoms with E-state index in [-0.39, 0.29) is 5.82 Å². The first-order valence-corrected chi connectivity index (χ1v) is 5.63. The molecule has 1 aromatic carbocycles. The summed E-state index contributed by atoms with van der Waals surface area (Å²) in [5.74, 6) is 0.705. The van der Waals surface area contributed by atoms with Gasteiger partial charge in [0.1, 0.15) is 0 Å². The Kier molecular flexibility index (Phi) is 3.06. The third-order valence-corrected chi connectivity index (χ3v) is 3.09. The highest BCUT2D eigenvalue weighted by Gasteiger charge is 2.18. The molecule has 1 aliphatic carbocycles. The third-order valence-electron chi connectivity index (χ3n) is 2.59. The van der Waals surface area contributed by atoms with Gasteiger partial charge in [-0.25, -0.2) is 4.39 Å². The molecule has 0 saturated heterocycles. The summed E-state index contributed by atoms with van der Waals surface area (Å²) < 4.78 is 19.4. The topological polar surface area (TPSA) is 9.23 Å². The van der Waals surface area contributed by atoms with E-state index in [4.69, 9.17) is 4.74 Å². The quantitative estimate of drug-likeness (QED) is 0.802. The monoisotopic (exact) mass is 258 g/mol. The average molecular weight is 259 g/mol. The zero-order valence-corrected chi connectivity index (χ0v) is 9.39. The zero-order chi connectivity index (χ0) is 9.97. The Bertz CT molecular complexity index is 323. The van der Waals surface area contributed by atoms with Gasteiger partial charge in [-0.3, -0.25) is 0 Å². The summed E-state index contributed by atoms with van der Waals surface area (Å²) >= 11 is 3.21. The molecule has 1 saturated carbocycles. The van der Waals surface area contributed by atoms with Crippen molar-refractivity contribution in [3.8, 4) is 5.75 Å². The second-order valence-electron chi connectivity index (χ2n) is 3.68. The molecule has 0 aliphatic heterocycles. The molecule has 0 heterocycles. The van der Waals surface area contributed by atoms with E-state index < -0.39 is 0 Å². The van der Waals surface area contributed by atoms with E-state index in [1.54, 1.807) is 12.1 Å². The SMILES string of the molecule is Fc1cc(Br)ccc1OCC1CCC1. The minimum Gasteiger partial charge on any atom is -0.490 e. The molecule has 1 nitrogen and oxygen atoms in total. The zero-order valence-electron chi connectivity index (χ0n) is 7.80. The second kappa shape index (κ2) is 4.30. The Morgan fingerprint density at radius 3 is 2.79 bits per heavy atom. The molecule has 1 aliphatic rings. The summed E-state index contributed by atoms with van der Waals surface area (Å²) in [4.78, 5) is 0. The average Bonchev–Trinajstić information content (AvgIpc) is 2.05. The first-order valence-electron chi connectivity index (χ1n) is 4.83. The maximum absolute atomic E-state index is 13.3. The van der Waals surface area contributed by atoms with Gasteiger partial charge in [-0.05, 0) is 37.0 Å². The fraction of sp³-hybridized carbons (Fsp3) is 0.455. The molecular weight excluding hydrogens is 247 g/mol. The van der Waals surface area contributed by atoms with E-state index in [0.29, 0.717) is 18.3 Å². The predicted octanol–water partition coefficient (Wildman–Crippen LogP) is 3.77. The lowest BCUT2D eigenvalue weighted by Crippen LogP contribution is -2.19. The van der Waals surface area contributed by atoms with Crippen molar-refractivity contribution in [1.29, 1.82) is 0 Å². The number of halogens is 2. The molecule has 0 N–H and O–H groups in total. The summed E-state index contributed by atoms with van der Waals surface area (Å²) in [5.41, 5.74) is 0. The maximum atomic E-state index is 13.3. The van der Waals surface area contributed by atoms with E-state index in [9.17, 15) is 4.39 Å². The standard InChI is InChI=1S/C11H12BrFO/c12-9-4-5-11(10(13)6-9)14-7-8-2-1-3-8/h4-6,8H,1-3,7H2. The largest absolute Gasteiger partial charge is 0.490 e. The number of benzene rings is 1. The molecule has 3 heteroatoms. The molecule has 0 spiro atoms. The van der Waals surface area contributed by atoms with Gasteiger partial charge in [0.25, 0.3) is 0 Å². The highest BCUT2D eigenvalue weighted by molar-refractivity contribution is 9.10. The molecule has 14 heavy (non-hydrogen) atoms. The van der Waals surface area contributed by atoms with E-state index in [2.05, 4.69) is 15.9 Å². The van der Waals surface area contributed by atoms with Gasteiger partial charge in [0.2, 0.25) is 0 Å². The Morgan fingerprint density at radius 2 is 2.21 bits per heavy atom. The van der Waals surface area contributed by atoms with Crippen LogP contribution in [0.15, 0.2) is 22.7 Å². The van der Waals surface area contributed by atoms with Crippen LogP contribution in [0.1, 0.15) is 19.3 Å². The van der Waals surface area contributed by atoms with Crippen molar-refractivity contribution in [2.24, 2.45) is 5.92 Å². The lowest BCUT2D eigenvalue weighted by molar-refractivity contribution is 0.175. The minimum absolute atomic E-state index is 0.293. The van der Waals surface area contributed by atoms with Crippen LogP contribution in [-0.4, -0.2) is 6.61 Å². The Balaban J connectivity index is 1.94. The Hall–Kier alpha value is -0.570. The van der Waals surface area contributed by atoms with Crippen LogP contribution >= 0.6 is 15.9 Å². The smallest absolute Gasteiger partial charge is 0.166 e. The minimum atomic E-state index is -0.293. The van der Waals surface area contributed by atoms with Crippen molar-refractivity contribution >= 4 is 15.9 Å². The van der Waals surface area contributed by atoms with E-state index >= 15 is 0 Å². The highest BCUT2D eigenvalue weighted by Crippen LogP contribution is 2.28. The van der Waals surface area contributed by atoms with Crippen LogP contribution in [0.4, 0.5) is 4.39 Å².